The average Bonchev–Trinajstić information content (AvgIpc) is 3.12. The van der Waals surface area contributed by atoms with E-state index in [2.05, 4.69) is 39.7 Å². The second kappa shape index (κ2) is 7.84. The Balaban J connectivity index is 1.43. The van der Waals surface area contributed by atoms with E-state index in [-0.39, 0.29) is 17.9 Å². The second-order valence-corrected chi connectivity index (χ2v) is 7.20. The van der Waals surface area contributed by atoms with E-state index in [1.165, 1.54) is 12.0 Å². The molecule has 0 aliphatic heterocycles. The summed E-state index contributed by atoms with van der Waals surface area (Å²) < 4.78 is 10.7. The lowest BCUT2D eigenvalue weighted by Gasteiger charge is -2.42. The number of rotatable bonds is 7. The second-order valence-electron chi connectivity index (χ2n) is 7.20. The quantitative estimate of drug-likeness (QED) is 0.677. The highest BCUT2D eigenvalue weighted by Gasteiger charge is 2.38. The van der Waals surface area contributed by atoms with E-state index in [0.29, 0.717) is 29.6 Å². The Hall–Kier alpha value is -3.15. The van der Waals surface area contributed by atoms with Gasteiger partial charge in [0.1, 0.15) is 5.75 Å². The molecule has 0 unspecified atom stereocenters. The zero-order chi connectivity index (χ0) is 19.4. The van der Waals surface area contributed by atoms with E-state index < -0.39 is 0 Å². The standard InChI is InChI=1S/C22H23N3O3/c1-16-24-20(25-28-16)14-27-19-11-6-5-10-18(19)21(26)23-15-22(12-7-13-22)17-8-3-2-4-9-17/h2-6,8-11H,7,12-15H2,1H3,(H,23,26). The number of hydrogen-bond acceptors (Lipinski definition) is 5. The van der Waals surface area contributed by atoms with Gasteiger partial charge in [0.05, 0.1) is 5.56 Å². The molecule has 2 aromatic carbocycles. The Morgan fingerprint density at radius 3 is 2.57 bits per heavy atom. The van der Waals surface area contributed by atoms with Crippen LogP contribution in [-0.4, -0.2) is 22.6 Å². The van der Waals surface area contributed by atoms with Crippen LogP contribution in [0.2, 0.25) is 0 Å². The molecule has 1 fully saturated rings. The summed E-state index contributed by atoms with van der Waals surface area (Å²) in [6.45, 7) is 2.49. The van der Waals surface area contributed by atoms with E-state index >= 15 is 0 Å². The predicted molar refractivity (Wildman–Crippen MR) is 104 cm³/mol. The molecule has 0 atom stereocenters. The molecule has 6 nitrogen and oxygen atoms in total. The minimum atomic E-state index is -0.137. The van der Waals surface area contributed by atoms with Crippen LogP contribution in [0.3, 0.4) is 0 Å². The number of aromatic nitrogens is 2. The first-order valence-corrected chi connectivity index (χ1v) is 9.51. The smallest absolute Gasteiger partial charge is 0.255 e. The van der Waals surface area contributed by atoms with E-state index in [9.17, 15) is 4.79 Å². The Labute approximate surface area is 163 Å². The predicted octanol–water partition coefficient (Wildman–Crippen LogP) is 3.81. The van der Waals surface area contributed by atoms with Crippen LogP contribution in [0.1, 0.15) is 46.9 Å². The van der Waals surface area contributed by atoms with Gasteiger partial charge in [-0.2, -0.15) is 4.98 Å². The number of ether oxygens (including phenoxy) is 1. The van der Waals surface area contributed by atoms with Crippen molar-refractivity contribution in [2.24, 2.45) is 0 Å². The molecule has 1 aliphatic rings. The van der Waals surface area contributed by atoms with Crippen molar-refractivity contribution >= 4 is 5.91 Å². The fourth-order valence-corrected chi connectivity index (χ4v) is 3.63. The minimum Gasteiger partial charge on any atom is -0.485 e. The van der Waals surface area contributed by atoms with Gasteiger partial charge in [-0.15, -0.1) is 0 Å². The molecule has 1 amide bonds. The summed E-state index contributed by atoms with van der Waals surface area (Å²) in [4.78, 5) is 17.0. The van der Waals surface area contributed by atoms with Gasteiger partial charge in [-0.1, -0.05) is 54.0 Å². The van der Waals surface area contributed by atoms with Crippen molar-refractivity contribution in [3.63, 3.8) is 0 Å². The number of aryl methyl sites for hydroxylation is 1. The molecule has 4 rings (SSSR count). The van der Waals surface area contributed by atoms with Crippen molar-refractivity contribution in [1.82, 2.24) is 15.5 Å². The normalized spacial score (nSPS) is 14.9. The molecule has 0 spiro atoms. The number of benzene rings is 2. The van der Waals surface area contributed by atoms with Crippen molar-refractivity contribution in [1.29, 1.82) is 0 Å². The third-order valence-electron chi connectivity index (χ3n) is 5.34. The highest BCUT2D eigenvalue weighted by Crippen LogP contribution is 2.43. The van der Waals surface area contributed by atoms with Crippen molar-refractivity contribution < 1.29 is 14.1 Å². The zero-order valence-electron chi connectivity index (χ0n) is 15.9. The van der Waals surface area contributed by atoms with Crippen molar-refractivity contribution in [2.45, 2.75) is 38.2 Å². The molecule has 144 valence electrons. The number of amides is 1. The van der Waals surface area contributed by atoms with Crippen LogP contribution >= 0.6 is 0 Å². The number of carbonyl (C=O) groups excluding carboxylic acids is 1. The van der Waals surface area contributed by atoms with Gasteiger partial charge < -0.3 is 14.6 Å². The van der Waals surface area contributed by atoms with Crippen LogP contribution in [0.4, 0.5) is 0 Å². The van der Waals surface area contributed by atoms with Crippen LogP contribution in [0.15, 0.2) is 59.1 Å². The monoisotopic (exact) mass is 377 g/mol. The molecule has 1 saturated carbocycles. The molecule has 0 saturated heterocycles. The molecule has 0 bridgehead atoms. The van der Waals surface area contributed by atoms with Crippen LogP contribution in [0.25, 0.3) is 0 Å². The van der Waals surface area contributed by atoms with Crippen LogP contribution < -0.4 is 10.1 Å². The molecule has 28 heavy (non-hydrogen) atoms. The number of para-hydroxylation sites is 1. The summed E-state index contributed by atoms with van der Waals surface area (Å²) in [5.74, 6) is 1.30. The van der Waals surface area contributed by atoms with Crippen molar-refractivity contribution in [3.8, 4) is 5.75 Å². The Bertz CT molecular complexity index is 948. The van der Waals surface area contributed by atoms with Gasteiger partial charge in [0.25, 0.3) is 5.91 Å². The van der Waals surface area contributed by atoms with Gasteiger partial charge in [-0.25, -0.2) is 0 Å². The summed E-state index contributed by atoms with van der Waals surface area (Å²) in [6.07, 6.45) is 3.37. The van der Waals surface area contributed by atoms with Gasteiger partial charge in [-0.3, -0.25) is 4.79 Å². The first-order chi connectivity index (χ1) is 13.7. The first kappa shape index (κ1) is 18.2. The number of hydrogen-bond donors (Lipinski definition) is 1. The molecule has 3 aromatic rings. The maximum absolute atomic E-state index is 12.9. The average molecular weight is 377 g/mol. The van der Waals surface area contributed by atoms with E-state index in [0.717, 1.165) is 12.8 Å². The van der Waals surface area contributed by atoms with Gasteiger partial charge >= 0.3 is 0 Å². The maximum Gasteiger partial charge on any atom is 0.255 e. The Kier molecular flexibility index (Phi) is 5.10. The summed E-state index contributed by atoms with van der Waals surface area (Å²) in [7, 11) is 0. The SMILES string of the molecule is Cc1nc(COc2ccccc2C(=O)NCC2(c3ccccc3)CCC2)no1. The summed E-state index contributed by atoms with van der Waals surface area (Å²) in [5.41, 5.74) is 1.83. The van der Waals surface area contributed by atoms with E-state index in [1.54, 1.807) is 19.1 Å². The molecular weight excluding hydrogens is 354 g/mol. The Morgan fingerprint density at radius 2 is 1.89 bits per heavy atom. The van der Waals surface area contributed by atoms with Gasteiger partial charge in [0.2, 0.25) is 11.7 Å². The van der Waals surface area contributed by atoms with Gasteiger partial charge in [-0.05, 0) is 30.5 Å². The van der Waals surface area contributed by atoms with Gasteiger partial charge in [0.15, 0.2) is 6.61 Å². The number of nitrogens with one attached hydrogen (secondary N) is 1. The lowest BCUT2D eigenvalue weighted by atomic mass is 9.64. The molecule has 1 aliphatic carbocycles. The highest BCUT2D eigenvalue weighted by atomic mass is 16.5. The van der Waals surface area contributed by atoms with E-state index in [1.807, 2.05) is 18.2 Å². The maximum atomic E-state index is 12.9. The lowest BCUT2D eigenvalue weighted by Crippen LogP contribution is -2.45. The molecule has 0 radical (unpaired) electrons. The summed E-state index contributed by atoms with van der Waals surface area (Å²) in [5, 5.41) is 6.93. The van der Waals surface area contributed by atoms with Crippen molar-refractivity contribution in [2.75, 3.05) is 6.54 Å². The fraction of sp³-hybridized carbons (Fsp3) is 0.318. The fourth-order valence-electron chi connectivity index (χ4n) is 3.63. The number of carbonyl (C=O) groups is 1. The number of nitrogens with zero attached hydrogens (tertiary/aromatic N) is 2. The lowest BCUT2D eigenvalue weighted by molar-refractivity contribution is 0.0923. The molecular formula is C22H23N3O3. The Morgan fingerprint density at radius 1 is 1.14 bits per heavy atom. The van der Waals surface area contributed by atoms with Crippen LogP contribution in [0, 0.1) is 6.92 Å². The summed E-state index contributed by atoms with van der Waals surface area (Å²) >= 11 is 0. The third-order valence-corrected chi connectivity index (χ3v) is 5.34. The molecule has 1 N–H and O–H groups in total. The van der Waals surface area contributed by atoms with Crippen LogP contribution in [-0.2, 0) is 12.0 Å². The molecule has 1 aromatic heterocycles. The minimum absolute atomic E-state index is 0.0366. The zero-order valence-corrected chi connectivity index (χ0v) is 15.9. The highest BCUT2D eigenvalue weighted by molar-refractivity contribution is 5.97. The third kappa shape index (κ3) is 3.76. The van der Waals surface area contributed by atoms with E-state index in [4.69, 9.17) is 9.26 Å². The van der Waals surface area contributed by atoms with Crippen molar-refractivity contribution in [3.05, 3.63) is 77.4 Å². The molecule has 6 heteroatoms. The summed E-state index contributed by atoms with van der Waals surface area (Å²) in [6, 6.07) is 17.6. The molecule has 1 heterocycles. The van der Waals surface area contributed by atoms with Gasteiger partial charge in [0, 0.05) is 18.9 Å². The topological polar surface area (TPSA) is 77.2 Å². The van der Waals surface area contributed by atoms with Crippen LogP contribution in [0.5, 0.6) is 5.75 Å². The largest absolute Gasteiger partial charge is 0.485 e. The first-order valence-electron chi connectivity index (χ1n) is 9.51.